The highest BCUT2D eigenvalue weighted by Gasteiger charge is 2.29. The number of anilines is 1. The van der Waals surface area contributed by atoms with E-state index in [-0.39, 0.29) is 39.5 Å². The molecule has 4 rings (SSSR count). The first-order valence-electron chi connectivity index (χ1n) is 10.4. The third kappa shape index (κ3) is 4.68. The maximum Gasteiger partial charge on any atom is 0.311 e. The molecule has 0 spiro atoms. The lowest BCUT2D eigenvalue weighted by molar-refractivity contribution is -0.394. The molecule has 0 fully saturated rings. The molecule has 0 saturated carbocycles. The number of rotatable bonds is 7. The third-order valence-electron chi connectivity index (χ3n) is 5.38. The van der Waals surface area contributed by atoms with Crippen molar-refractivity contribution in [1.29, 1.82) is 0 Å². The zero-order valence-corrected chi connectivity index (χ0v) is 18.3. The van der Waals surface area contributed by atoms with Crippen molar-refractivity contribution in [2.75, 3.05) is 11.9 Å². The summed E-state index contributed by atoms with van der Waals surface area (Å²) in [5, 5.41) is 24.5. The van der Waals surface area contributed by atoms with E-state index in [1.165, 1.54) is 18.2 Å². The number of carbonyl (C=O) groups excluding carboxylic acids is 4. The molecule has 180 valence electrons. The number of amides is 1. The Balaban J connectivity index is 1.40. The molecule has 12 nitrogen and oxygen atoms in total. The summed E-state index contributed by atoms with van der Waals surface area (Å²) in [4.78, 5) is 70.2. The van der Waals surface area contributed by atoms with E-state index in [0.717, 1.165) is 18.2 Å². The van der Waals surface area contributed by atoms with Crippen LogP contribution in [-0.4, -0.2) is 39.9 Å². The van der Waals surface area contributed by atoms with Gasteiger partial charge in [-0.3, -0.25) is 39.4 Å². The van der Waals surface area contributed by atoms with E-state index in [9.17, 15) is 39.4 Å². The molecule has 0 heterocycles. The standard InChI is InChI=1S/C24H15N3O9/c28-21(12-36-22(29)9-13-5-7-15(26(32)33)11-20(13)27(34)35)25-14-6-8-18-19(10-14)24(31)17-4-2-1-3-16(17)23(18)30/h1-8,10-11H,9,12H2,(H,25,28). The molecular weight excluding hydrogens is 474 g/mol. The largest absolute Gasteiger partial charge is 0.455 e. The molecule has 1 N–H and O–H groups in total. The van der Waals surface area contributed by atoms with E-state index in [1.807, 2.05) is 0 Å². The molecule has 3 aromatic rings. The Kier molecular flexibility index (Phi) is 6.33. The van der Waals surface area contributed by atoms with Gasteiger partial charge in [0.15, 0.2) is 18.2 Å². The second kappa shape index (κ2) is 9.54. The van der Waals surface area contributed by atoms with Crippen LogP contribution < -0.4 is 5.32 Å². The molecular formula is C24H15N3O9. The summed E-state index contributed by atoms with van der Waals surface area (Å²) in [7, 11) is 0. The molecule has 0 bridgehead atoms. The van der Waals surface area contributed by atoms with Crippen LogP contribution in [0.25, 0.3) is 0 Å². The number of nitrogens with zero attached hydrogens (tertiary/aromatic N) is 2. The number of fused-ring (bicyclic) bond motifs is 2. The number of ether oxygens (including phenoxy) is 1. The van der Waals surface area contributed by atoms with Gasteiger partial charge >= 0.3 is 5.97 Å². The molecule has 0 atom stereocenters. The van der Waals surface area contributed by atoms with E-state index in [4.69, 9.17) is 4.74 Å². The molecule has 0 aromatic heterocycles. The third-order valence-corrected chi connectivity index (χ3v) is 5.38. The summed E-state index contributed by atoms with van der Waals surface area (Å²) in [5.41, 5.74) is -0.172. The van der Waals surface area contributed by atoms with Gasteiger partial charge in [-0.1, -0.05) is 24.3 Å². The summed E-state index contributed by atoms with van der Waals surface area (Å²) < 4.78 is 4.86. The highest BCUT2D eigenvalue weighted by Crippen LogP contribution is 2.29. The zero-order valence-electron chi connectivity index (χ0n) is 18.3. The lowest BCUT2D eigenvalue weighted by Gasteiger charge is -2.18. The Morgan fingerprint density at radius 1 is 0.806 bits per heavy atom. The Hall–Kier alpha value is -5.26. The minimum absolute atomic E-state index is 0.117. The zero-order chi connectivity index (χ0) is 26.0. The number of ketones is 2. The Morgan fingerprint density at radius 2 is 1.44 bits per heavy atom. The van der Waals surface area contributed by atoms with E-state index >= 15 is 0 Å². The highest BCUT2D eigenvalue weighted by atomic mass is 16.6. The molecule has 0 unspecified atom stereocenters. The van der Waals surface area contributed by atoms with Crippen LogP contribution in [0.5, 0.6) is 0 Å². The van der Waals surface area contributed by atoms with Gasteiger partial charge in [-0.2, -0.15) is 0 Å². The van der Waals surface area contributed by atoms with Crippen molar-refractivity contribution in [3.63, 3.8) is 0 Å². The molecule has 1 amide bonds. The summed E-state index contributed by atoms with van der Waals surface area (Å²) in [6, 6.07) is 13.4. The maximum atomic E-state index is 12.8. The van der Waals surface area contributed by atoms with Crippen LogP contribution >= 0.6 is 0 Å². The number of esters is 1. The van der Waals surface area contributed by atoms with Gasteiger partial charge in [0.25, 0.3) is 17.3 Å². The molecule has 0 radical (unpaired) electrons. The van der Waals surface area contributed by atoms with Crippen molar-refractivity contribution in [3.8, 4) is 0 Å². The van der Waals surface area contributed by atoms with Crippen molar-refractivity contribution in [2.24, 2.45) is 0 Å². The maximum absolute atomic E-state index is 12.8. The fourth-order valence-electron chi connectivity index (χ4n) is 3.71. The van der Waals surface area contributed by atoms with Crippen LogP contribution in [0.4, 0.5) is 17.1 Å². The molecule has 0 saturated heterocycles. The van der Waals surface area contributed by atoms with Crippen molar-refractivity contribution >= 4 is 40.5 Å². The van der Waals surface area contributed by atoms with Crippen molar-refractivity contribution in [3.05, 3.63) is 109 Å². The lowest BCUT2D eigenvalue weighted by Crippen LogP contribution is -2.23. The second-order valence-electron chi connectivity index (χ2n) is 7.68. The first kappa shape index (κ1) is 23.9. The Morgan fingerprint density at radius 3 is 2.08 bits per heavy atom. The van der Waals surface area contributed by atoms with Crippen molar-refractivity contribution < 1.29 is 33.8 Å². The molecule has 36 heavy (non-hydrogen) atoms. The van der Waals surface area contributed by atoms with Crippen LogP contribution in [0.2, 0.25) is 0 Å². The first-order chi connectivity index (χ1) is 17.2. The quantitative estimate of drug-likeness (QED) is 0.232. The van der Waals surface area contributed by atoms with Crippen LogP contribution in [-0.2, 0) is 20.7 Å². The van der Waals surface area contributed by atoms with Gasteiger partial charge in [0.05, 0.1) is 22.3 Å². The summed E-state index contributed by atoms with van der Waals surface area (Å²) in [6.07, 6.45) is -0.587. The number of nitro benzene ring substituents is 2. The number of benzene rings is 3. The predicted octanol–water partition coefficient (Wildman–Crippen LogP) is 3.00. The summed E-state index contributed by atoms with van der Waals surface area (Å²) in [5.74, 6) is -2.40. The van der Waals surface area contributed by atoms with Gasteiger partial charge in [-0.15, -0.1) is 0 Å². The summed E-state index contributed by atoms with van der Waals surface area (Å²) in [6.45, 7) is -0.730. The number of nitrogens with one attached hydrogen (secondary N) is 1. The Labute approximate surface area is 201 Å². The number of carbonyl (C=O) groups is 4. The fraction of sp³-hybridized carbons (Fsp3) is 0.0833. The van der Waals surface area contributed by atoms with Gasteiger partial charge in [0.2, 0.25) is 0 Å². The van der Waals surface area contributed by atoms with Crippen LogP contribution in [0, 0.1) is 20.2 Å². The topological polar surface area (TPSA) is 176 Å². The van der Waals surface area contributed by atoms with Crippen LogP contribution in [0.15, 0.2) is 60.7 Å². The van der Waals surface area contributed by atoms with E-state index < -0.39 is 46.1 Å². The molecule has 1 aliphatic rings. The Bertz CT molecular complexity index is 1480. The van der Waals surface area contributed by atoms with Crippen molar-refractivity contribution in [2.45, 2.75) is 6.42 Å². The van der Waals surface area contributed by atoms with Gasteiger partial charge in [0, 0.05) is 39.6 Å². The number of nitro groups is 2. The number of hydrogen-bond donors (Lipinski definition) is 1. The smallest absolute Gasteiger partial charge is 0.311 e. The lowest BCUT2D eigenvalue weighted by atomic mass is 9.84. The average molecular weight is 489 g/mol. The van der Waals surface area contributed by atoms with Crippen LogP contribution in [0.3, 0.4) is 0 Å². The minimum Gasteiger partial charge on any atom is -0.455 e. The number of hydrogen-bond acceptors (Lipinski definition) is 9. The van der Waals surface area contributed by atoms with E-state index in [2.05, 4.69) is 5.32 Å². The predicted molar refractivity (Wildman–Crippen MR) is 123 cm³/mol. The summed E-state index contributed by atoms with van der Waals surface area (Å²) >= 11 is 0. The fourth-order valence-corrected chi connectivity index (χ4v) is 3.71. The highest BCUT2D eigenvalue weighted by molar-refractivity contribution is 6.28. The van der Waals surface area contributed by atoms with Gasteiger partial charge in [-0.25, -0.2) is 0 Å². The SMILES string of the molecule is O=C(COC(=O)Cc1ccc([N+](=O)[O-])cc1[N+](=O)[O-])Nc1ccc2c(c1)C(=O)c1ccccc1C2=O. The van der Waals surface area contributed by atoms with Gasteiger partial charge in [-0.05, 0) is 24.3 Å². The minimum atomic E-state index is -0.968. The van der Waals surface area contributed by atoms with Crippen LogP contribution in [0.1, 0.15) is 37.4 Å². The molecule has 1 aliphatic carbocycles. The molecule has 12 heteroatoms. The van der Waals surface area contributed by atoms with E-state index in [0.29, 0.717) is 5.56 Å². The monoisotopic (exact) mass is 489 g/mol. The molecule has 3 aromatic carbocycles. The van der Waals surface area contributed by atoms with E-state index in [1.54, 1.807) is 24.3 Å². The second-order valence-corrected chi connectivity index (χ2v) is 7.68. The number of non-ortho nitro benzene ring substituents is 1. The average Bonchev–Trinajstić information content (AvgIpc) is 2.86. The first-order valence-corrected chi connectivity index (χ1v) is 10.4. The normalized spacial score (nSPS) is 11.8. The van der Waals surface area contributed by atoms with Crippen molar-refractivity contribution in [1.82, 2.24) is 0 Å². The van der Waals surface area contributed by atoms with Gasteiger partial charge in [0.1, 0.15) is 0 Å². The molecule has 0 aliphatic heterocycles. The van der Waals surface area contributed by atoms with Gasteiger partial charge < -0.3 is 10.1 Å².